The molecule has 0 spiro atoms. The molecule has 1 aromatic rings. The van der Waals surface area contributed by atoms with Gasteiger partial charge in [-0.3, -0.25) is 9.59 Å². The fourth-order valence-electron chi connectivity index (χ4n) is 3.68. The molecule has 2 rings (SSSR count). The summed E-state index contributed by atoms with van der Waals surface area (Å²) in [6.07, 6.45) is 7.29. The summed E-state index contributed by atoms with van der Waals surface area (Å²) in [4.78, 5) is 41.5. The van der Waals surface area contributed by atoms with Crippen molar-refractivity contribution >= 4 is 24.1 Å². The SMILES string of the molecule is CO/N=C\C=C/C(=O)N/C=C/CC1CC(OC(C)=O)OC(CO)/C=C/C(O)/C(C)=C\Cc2cccc(O)c2C(=O)O1. The highest BCUT2D eigenvalue weighted by molar-refractivity contribution is 5.94. The second-order valence-electron chi connectivity index (χ2n) is 8.90. The van der Waals surface area contributed by atoms with Crippen LogP contribution in [-0.2, 0) is 35.1 Å². The van der Waals surface area contributed by atoms with Crippen molar-refractivity contribution in [2.45, 2.75) is 57.7 Å². The molecule has 1 amide bonds. The molecular weight excluding hydrogens is 536 g/mol. The van der Waals surface area contributed by atoms with Gasteiger partial charge >= 0.3 is 11.9 Å². The van der Waals surface area contributed by atoms with E-state index in [1.807, 2.05) is 0 Å². The lowest BCUT2D eigenvalue weighted by atomic mass is 10.0. The molecule has 4 N–H and O–H groups in total. The number of benzene rings is 1. The van der Waals surface area contributed by atoms with Gasteiger partial charge in [-0.15, -0.1) is 0 Å². The Kier molecular flexibility index (Phi) is 14.0. The molecule has 1 aliphatic rings. The summed E-state index contributed by atoms with van der Waals surface area (Å²) < 4.78 is 16.8. The third kappa shape index (κ3) is 11.8. The number of nitrogens with one attached hydrogen (secondary N) is 1. The first-order chi connectivity index (χ1) is 19.6. The van der Waals surface area contributed by atoms with Crippen LogP contribution in [0.15, 0.2) is 71.6 Å². The zero-order valence-electron chi connectivity index (χ0n) is 23.1. The van der Waals surface area contributed by atoms with Crippen LogP contribution < -0.4 is 5.32 Å². The summed E-state index contributed by atoms with van der Waals surface area (Å²) in [6.45, 7) is 2.38. The number of rotatable bonds is 8. The van der Waals surface area contributed by atoms with Gasteiger partial charge in [0.25, 0.3) is 0 Å². The van der Waals surface area contributed by atoms with E-state index in [2.05, 4.69) is 15.3 Å². The number of ether oxygens (including phenoxy) is 3. The molecule has 0 bridgehead atoms. The molecule has 4 atom stereocenters. The van der Waals surface area contributed by atoms with E-state index in [1.54, 1.807) is 25.1 Å². The number of nitrogens with zero attached hydrogens (tertiary/aromatic N) is 1. The number of hydrogen-bond donors (Lipinski definition) is 4. The molecular formula is C29H36N2O10. The Morgan fingerprint density at radius 1 is 1.27 bits per heavy atom. The van der Waals surface area contributed by atoms with Crippen molar-refractivity contribution in [2.75, 3.05) is 13.7 Å². The first kappa shape index (κ1) is 32.9. The minimum absolute atomic E-state index is 0.0558. The smallest absolute Gasteiger partial charge is 0.342 e. The van der Waals surface area contributed by atoms with E-state index >= 15 is 0 Å². The summed E-state index contributed by atoms with van der Waals surface area (Å²) in [5.41, 5.74) is 0.962. The van der Waals surface area contributed by atoms with Crippen molar-refractivity contribution in [3.63, 3.8) is 0 Å². The second-order valence-corrected chi connectivity index (χ2v) is 8.90. The molecule has 12 heteroatoms. The Morgan fingerprint density at radius 3 is 2.76 bits per heavy atom. The Labute approximate surface area is 238 Å². The number of allylic oxidation sites excluding steroid dienone is 2. The van der Waals surface area contributed by atoms with Crippen LogP contribution in [-0.4, -0.2) is 77.7 Å². The number of aromatic hydroxyl groups is 1. The Hall–Kier alpha value is -4.26. The quantitative estimate of drug-likeness (QED) is 0.119. The van der Waals surface area contributed by atoms with Crippen molar-refractivity contribution in [2.24, 2.45) is 5.16 Å². The molecule has 4 unspecified atom stereocenters. The van der Waals surface area contributed by atoms with Crippen LogP contribution in [0.25, 0.3) is 0 Å². The molecule has 0 radical (unpaired) electrons. The molecule has 0 aliphatic carbocycles. The Morgan fingerprint density at radius 2 is 2.05 bits per heavy atom. The topological polar surface area (TPSA) is 173 Å². The standard InChI is InChI=1S/C29H36N2O10/c1-19-11-12-21-7-4-9-25(35)28(21)29(37)41-22(8-5-15-30-26(36)10-6-16-31-38-3)17-27(39-20(2)33)40-23(18-32)13-14-24(19)34/h4-7,9-11,13-16,22-24,27,32,34-35H,8,12,17-18H2,1-3H3,(H,30,36)/b10-6-,14-13+,15-5+,19-11-,31-16-. The maximum atomic E-state index is 13.3. The van der Waals surface area contributed by atoms with E-state index in [4.69, 9.17) is 14.2 Å². The third-order valence-electron chi connectivity index (χ3n) is 5.73. The Bertz CT molecular complexity index is 1190. The van der Waals surface area contributed by atoms with Gasteiger partial charge in [-0.05, 0) is 36.6 Å². The lowest BCUT2D eigenvalue weighted by Crippen LogP contribution is -2.33. The highest BCUT2D eigenvalue weighted by atomic mass is 16.7. The first-order valence-corrected chi connectivity index (χ1v) is 12.8. The van der Waals surface area contributed by atoms with Crippen molar-refractivity contribution < 1.29 is 48.8 Å². The first-order valence-electron chi connectivity index (χ1n) is 12.8. The minimum atomic E-state index is -1.25. The van der Waals surface area contributed by atoms with Gasteiger partial charge in [0, 0.05) is 32.0 Å². The van der Waals surface area contributed by atoms with Crippen LogP contribution in [0.4, 0.5) is 0 Å². The molecule has 1 heterocycles. The number of phenols is 1. The summed E-state index contributed by atoms with van der Waals surface area (Å²) in [6, 6.07) is 4.60. The number of cyclic esters (lactones) is 1. The summed E-state index contributed by atoms with van der Waals surface area (Å²) in [5, 5.41) is 36.8. The number of fused-ring (bicyclic) bond motifs is 1. The van der Waals surface area contributed by atoms with E-state index in [0.29, 0.717) is 11.1 Å². The number of phenolic OH excluding ortho intramolecular Hbond substituents is 1. The molecule has 12 nitrogen and oxygen atoms in total. The van der Waals surface area contributed by atoms with Crippen LogP contribution in [0.2, 0.25) is 0 Å². The molecule has 0 aromatic heterocycles. The van der Waals surface area contributed by atoms with Gasteiger partial charge in [0.15, 0.2) is 0 Å². The number of aliphatic hydroxyl groups is 2. The van der Waals surface area contributed by atoms with Crippen molar-refractivity contribution in [3.05, 3.63) is 77.6 Å². The van der Waals surface area contributed by atoms with Gasteiger partial charge in [0.05, 0.1) is 18.9 Å². The lowest BCUT2D eigenvalue weighted by molar-refractivity contribution is -0.192. The summed E-state index contributed by atoms with van der Waals surface area (Å²) in [7, 11) is 1.37. The minimum Gasteiger partial charge on any atom is -0.507 e. The van der Waals surface area contributed by atoms with E-state index in [-0.39, 0.29) is 30.6 Å². The zero-order chi connectivity index (χ0) is 30.2. The van der Waals surface area contributed by atoms with Crippen LogP contribution in [0, 0.1) is 0 Å². The maximum Gasteiger partial charge on any atom is 0.342 e. The summed E-state index contributed by atoms with van der Waals surface area (Å²) >= 11 is 0. The predicted octanol–water partition coefficient (Wildman–Crippen LogP) is 2.20. The number of amides is 1. The van der Waals surface area contributed by atoms with E-state index in [1.165, 1.54) is 62.9 Å². The predicted molar refractivity (Wildman–Crippen MR) is 149 cm³/mol. The molecule has 41 heavy (non-hydrogen) atoms. The maximum absolute atomic E-state index is 13.3. The normalized spacial score (nSPS) is 24.5. The monoisotopic (exact) mass is 572 g/mol. The molecule has 0 saturated heterocycles. The fraction of sp³-hybridized carbons (Fsp3) is 0.379. The average molecular weight is 573 g/mol. The van der Waals surface area contributed by atoms with Crippen molar-refractivity contribution in [1.29, 1.82) is 0 Å². The van der Waals surface area contributed by atoms with Gasteiger partial charge in [-0.1, -0.05) is 41.6 Å². The van der Waals surface area contributed by atoms with E-state index in [0.717, 1.165) is 0 Å². The van der Waals surface area contributed by atoms with Crippen molar-refractivity contribution in [1.82, 2.24) is 5.32 Å². The number of hydrogen-bond acceptors (Lipinski definition) is 11. The van der Waals surface area contributed by atoms with Crippen LogP contribution in [0.1, 0.15) is 42.6 Å². The molecule has 1 aromatic carbocycles. The van der Waals surface area contributed by atoms with Gasteiger partial charge in [-0.2, -0.15) is 0 Å². The molecule has 0 fully saturated rings. The third-order valence-corrected chi connectivity index (χ3v) is 5.73. The van der Waals surface area contributed by atoms with Crippen molar-refractivity contribution in [3.8, 4) is 5.75 Å². The zero-order valence-corrected chi connectivity index (χ0v) is 23.1. The van der Waals surface area contributed by atoms with Crippen LogP contribution in [0.3, 0.4) is 0 Å². The van der Waals surface area contributed by atoms with E-state index < -0.39 is 49.1 Å². The van der Waals surface area contributed by atoms with Gasteiger partial charge in [0.1, 0.15) is 30.6 Å². The fourth-order valence-corrected chi connectivity index (χ4v) is 3.68. The highest BCUT2D eigenvalue weighted by Gasteiger charge is 2.27. The van der Waals surface area contributed by atoms with Gasteiger partial charge < -0.3 is 39.7 Å². The van der Waals surface area contributed by atoms with Crippen LogP contribution >= 0.6 is 0 Å². The molecule has 0 saturated carbocycles. The second kappa shape index (κ2) is 17.4. The number of esters is 2. The number of aliphatic hydroxyl groups excluding tert-OH is 2. The lowest BCUT2D eigenvalue weighted by Gasteiger charge is -2.26. The highest BCUT2D eigenvalue weighted by Crippen LogP contribution is 2.26. The molecule has 222 valence electrons. The number of carbonyl (C=O) groups excluding carboxylic acids is 3. The summed E-state index contributed by atoms with van der Waals surface area (Å²) in [5.74, 6) is -2.25. The van der Waals surface area contributed by atoms with Gasteiger partial charge in [-0.25, -0.2) is 4.79 Å². The van der Waals surface area contributed by atoms with Gasteiger partial charge in [0.2, 0.25) is 12.2 Å². The van der Waals surface area contributed by atoms with E-state index in [9.17, 15) is 29.7 Å². The number of carbonyl (C=O) groups is 3. The number of oxime groups is 1. The largest absolute Gasteiger partial charge is 0.507 e. The Balaban J connectivity index is 2.39. The van der Waals surface area contributed by atoms with Crippen LogP contribution in [0.5, 0.6) is 5.75 Å². The molecule has 1 aliphatic heterocycles. The average Bonchev–Trinajstić information content (AvgIpc) is 2.93.